The van der Waals surface area contributed by atoms with Crippen molar-refractivity contribution in [3.05, 3.63) is 29.8 Å². The molecule has 0 aliphatic heterocycles. The van der Waals surface area contributed by atoms with Gasteiger partial charge in [0, 0.05) is 5.69 Å². The van der Waals surface area contributed by atoms with Crippen LogP contribution >= 0.6 is 0 Å². The van der Waals surface area contributed by atoms with Crippen LogP contribution in [0.25, 0.3) is 0 Å². The van der Waals surface area contributed by atoms with Crippen LogP contribution in [0.15, 0.2) is 24.3 Å². The first-order valence-electron chi connectivity index (χ1n) is 5.15. The third kappa shape index (κ3) is 3.50. The number of anilines is 1. The Morgan fingerprint density at radius 3 is 1.93 bits per heavy atom. The summed E-state index contributed by atoms with van der Waals surface area (Å²) in [5.41, 5.74) is 1.96. The molecule has 1 N–H and O–H groups in total. The van der Waals surface area contributed by atoms with Gasteiger partial charge in [-0.05, 0) is 30.5 Å². The Morgan fingerprint density at radius 1 is 1.00 bits per heavy atom. The van der Waals surface area contributed by atoms with Crippen LogP contribution in [0.1, 0.15) is 32.3 Å². The predicted octanol–water partition coefficient (Wildman–Crippen LogP) is 3.88. The number of halogens is 2. The van der Waals surface area contributed by atoms with E-state index >= 15 is 0 Å². The van der Waals surface area contributed by atoms with E-state index in [2.05, 4.69) is 19.2 Å². The third-order valence-corrected chi connectivity index (χ3v) is 2.35. The van der Waals surface area contributed by atoms with Gasteiger partial charge in [-0.2, -0.15) is 0 Å². The minimum atomic E-state index is -2.34. The molecule has 0 saturated heterocycles. The molecule has 3 heteroatoms. The highest BCUT2D eigenvalue weighted by molar-refractivity contribution is 5.45. The second kappa shape index (κ2) is 5.10. The van der Waals surface area contributed by atoms with E-state index in [4.69, 9.17) is 0 Å². The Bertz CT molecular complexity index is 293. The summed E-state index contributed by atoms with van der Waals surface area (Å²) < 4.78 is 24.5. The van der Waals surface area contributed by atoms with Gasteiger partial charge in [-0.25, -0.2) is 8.78 Å². The van der Waals surface area contributed by atoms with Crippen LogP contribution in [0.3, 0.4) is 0 Å². The first kappa shape index (κ1) is 12.0. The van der Waals surface area contributed by atoms with Gasteiger partial charge in [0.1, 0.15) is 0 Å². The third-order valence-electron chi connectivity index (χ3n) is 2.35. The van der Waals surface area contributed by atoms with E-state index in [0.717, 1.165) is 5.69 Å². The first-order chi connectivity index (χ1) is 7.00. The second-order valence-corrected chi connectivity index (χ2v) is 4.04. The number of rotatable bonds is 4. The largest absolute Gasteiger partial charge is 0.377 e. The molecular formula is C12H17F2N. The summed E-state index contributed by atoms with van der Waals surface area (Å²) in [6, 6.07) is 6.80. The molecular weight excluding hydrogens is 196 g/mol. The number of benzene rings is 1. The summed E-state index contributed by atoms with van der Waals surface area (Å²) in [5, 5.41) is 2.76. The molecule has 1 nitrogen and oxygen atoms in total. The summed E-state index contributed by atoms with van der Waals surface area (Å²) >= 11 is 0. The normalized spacial score (nSPS) is 13.3. The molecule has 15 heavy (non-hydrogen) atoms. The molecule has 0 aromatic heterocycles. The van der Waals surface area contributed by atoms with Gasteiger partial charge < -0.3 is 5.32 Å². The Balaban J connectivity index is 2.64. The minimum absolute atomic E-state index is 0.464. The van der Waals surface area contributed by atoms with Crippen molar-refractivity contribution in [2.45, 2.75) is 39.2 Å². The van der Waals surface area contributed by atoms with Crippen molar-refractivity contribution in [2.75, 3.05) is 5.32 Å². The summed E-state index contributed by atoms with van der Waals surface area (Å²) in [7, 11) is 0. The molecule has 0 spiro atoms. The topological polar surface area (TPSA) is 12.0 Å². The van der Waals surface area contributed by atoms with Gasteiger partial charge in [0.05, 0.1) is 6.04 Å². The van der Waals surface area contributed by atoms with Crippen molar-refractivity contribution < 1.29 is 8.78 Å². The summed E-state index contributed by atoms with van der Waals surface area (Å²) in [6.45, 7) is 5.68. The highest BCUT2D eigenvalue weighted by Crippen LogP contribution is 2.18. The van der Waals surface area contributed by atoms with Gasteiger partial charge in [0.2, 0.25) is 0 Å². The maximum Gasteiger partial charge on any atom is 0.258 e. The molecule has 84 valence electrons. The Morgan fingerprint density at radius 2 is 1.53 bits per heavy atom. The van der Waals surface area contributed by atoms with Gasteiger partial charge in [0.15, 0.2) is 0 Å². The molecule has 0 aliphatic rings. The maximum atomic E-state index is 12.3. The van der Waals surface area contributed by atoms with Gasteiger partial charge in [0.25, 0.3) is 6.43 Å². The molecule has 1 aromatic carbocycles. The molecule has 1 atom stereocenters. The highest BCUT2D eigenvalue weighted by atomic mass is 19.3. The molecule has 1 unspecified atom stereocenters. The summed E-state index contributed by atoms with van der Waals surface area (Å²) in [6.07, 6.45) is -2.34. The lowest BCUT2D eigenvalue weighted by atomic mass is 10.0. The molecule has 0 amide bonds. The second-order valence-electron chi connectivity index (χ2n) is 4.04. The van der Waals surface area contributed by atoms with E-state index in [1.807, 2.05) is 24.3 Å². The fraction of sp³-hybridized carbons (Fsp3) is 0.500. The van der Waals surface area contributed by atoms with Crippen LogP contribution in [-0.4, -0.2) is 12.5 Å². The smallest absolute Gasteiger partial charge is 0.258 e. The predicted molar refractivity (Wildman–Crippen MR) is 59.6 cm³/mol. The Kier molecular flexibility index (Phi) is 4.06. The molecule has 0 fully saturated rings. The number of nitrogens with one attached hydrogen (secondary N) is 1. The molecule has 1 rings (SSSR count). The number of hydrogen-bond donors (Lipinski definition) is 1. The van der Waals surface area contributed by atoms with E-state index in [-0.39, 0.29) is 0 Å². The van der Waals surface area contributed by atoms with Crippen LogP contribution < -0.4 is 5.32 Å². The fourth-order valence-corrected chi connectivity index (χ4v) is 1.29. The summed E-state index contributed by atoms with van der Waals surface area (Å²) in [5.74, 6) is 0.464. The lowest BCUT2D eigenvalue weighted by Crippen LogP contribution is -2.23. The molecule has 0 radical (unpaired) electrons. The van der Waals surface area contributed by atoms with Gasteiger partial charge >= 0.3 is 0 Å². The molecule has 0 saturated carbocycles. The fourth-order valence-electron chi connectivity index (χ4n) is 1.29. The quantitative estimate of drug-likeness (QED) is 0.800. The zero-order valence-corrected chi connectivity index (χ0v) is 9.30. The van der Waals surface area contributed by atoms with Crippen molar-refractivity contribution in [1.82, 2.24) is 0 Å². The highest BCUT2D eigenvalue weighted by Gasteiger charge is 2.13. The van der Waals surface area contributed by atoms with E-state index in [1.54, 1.807) is 0 Å². The van der Waals surface area contributed by atoms with E-state index in [1.165, 1.54) is 12.5 Å². The Labute approximate surface area is 89.5 Å². The molecule has 0 aliphatic carbocycles. The molecule has 1 aromatic rings. The minimum Gasteiger partial charge on any atom is -0.377 e. The van der Waals surface area contributed by atoms with Crippen LogP contribution in [0.5, 0.6) is 0 Å². The number of alkyl halides is 2. The zero-order valence-electron chi connectivity index (χ0n) is 9.30. The lowest BCUT2D eigenvalue weighted by molar-refractivity contribution is 0.131. The molecule has 0 heterocycles. The number of hydrogen-bond acceptors (Lipinski definition) is 1. The van der Waals surface area contributed by atoms with E-state index < -0.39 is 12.5 Å². The lowest BCUT2D eigenvalue weighted by Gasteiger charge is -2.14. The average molecular weight is 213 g/mol. The first-order valence-corrected chi connectivity index (χ1v) is 5.15. The standard InChI is InChI=1S/C12H17F2N/c1-8(2)10-4-6-11(7-5-10)15-9(3)12(13)14/h4-9,12,15H,1-3H3. The van der Waals surface area contributed by atoms with Crippen molar-refractivity contribution in [2.24, 2.45) is 0 Å². The van der Waals surface area contributed by atoms with Crippen molar-refractivity contribution in [1.29, 1.82) is 0 Å². The van der Waals surface area contributed by atoms with Gasteiger partial charge in [-0.15, -0.1) is 0 Å². The maximum absolute atomic E-state index is 12.3. The van der Waals surface area contributed by atoms with E-state index in [0.29, 0.717) is 5.92 Å². The zero-order chi connectivity index (χ0) is 11.4. The van der Waals surface area contributed by atoms with Crippen LogP contribution in [0.4, 0.5) is 14.5 Å². The van der Waals surface area contributed by atoms with Crippen LogP contribution in [-0.2, 0) is 0 Å². The van der Waals surface area contributed by atoms with Gasteiger partial charge in [-0.1, -0.05) is 26.0 Å². The monoisotopic (exact) mass is 213 g/mol. The van der Waals surface area contributed by atoms with Crippen molar-refractivity contribution in [3.63, 3.8) is 0 Å². The van der Waals surface area contributed by atoms with Gasteiger partial charge in [-0.3, -0.25) is 0 Å². The SMILES string of the molecule is CC(C)c1ccc(NC(C)C(F)F)cc1. The van der Waals surface area contributed by atoms with Crippen LogP contribution in [0.2, 0.25) is 0 Å². The van der Waals surface area contributed by atoms with E-state index in [9.17, 15) is 8.78 Å². The average Bonchev–Trinajstić information content (AvgIpc) is 2.18. The van der Waals surface area contributed by atoms with Crippen molar-refractivity contribution >= 4 is 5.69 Å². The van der Waals surface area contributed by atoms with Crippen molar-refractivity contribution in [3.8, 4) is 0 Å². The molecule has 0 bridgehead atoms. The van der Waals surface area contributed by atoms with Crippen LogP contribution in [0, 0.1) is 0 Å². The summed E-state index contributed by atoms with van der Waals surface area (Å²) in [4.78, 5) is 0. The Hall–Kier alpha value is -1.12.